The molecule has 0 fully saturated rings. The highest BCUT2D eigenvalue weighted by Crippen LogP contribution is 1.88. The van der Waals surface area contributed by atoms with Crippen molar-refractivity contribution < 1.29 is 19.8 Å². The van der Waals surface area contributed by atoms with Gasteiger partial charge in [0, 0.05) is 12.1 Å². The number of nitrogens with two attached hydrogens (primary N) is 2. The van der Waals surface area contributed by atoms with Crippen LogP contribution < -0.4 is 11.5 Å². The van der Waals surface area contributed by atoms with Crippen molar-refractivity contribution in [3.8, 4) is 0 Å². The molecule has 0 aromatic heterocycles. The highest BCUT2D eigenvalue weighted by Gasteiger charge is 2.13. The lowest BCUT2D eigenvalue weighted by atomic mass is 10.1. The van der Waals surface area contributed by atoms with Gasteiger partial charge in [-0.15, -0.1) is 0 Å². The Bertz CT molecular complexity index is 205. The van der Waals surface area contributed by atoms with Crippen LogP contribution in [0.4, 0.5) is 0 Å². The number of Topliss-reactive ketones (excluding diaryl/α,β-unsaturated/α-hetero) is 2. The van der Waals surface area contributed by atoms with Crippen LogP contribution in [0, 0.1) is 0 Å². The van der Waals surface area contributed by atoms with Gasteiger partial charge in [0.15, 0.2) is 11.6 Å². The molecule has 0 saturated carbocycles. The summed E-state index contributed by atoms with van der Waals surface area (Å²) in [5.74, 6) is -0.556. The van der Waals surface area contributed by atoms with E-state index >= 15 is 0 Å². The van der Waals surface area contributed by atoms with Crippen LogP contribution in [-0.2, 0) is 9.59 Å². The van der Waals surface area contributed by atoms with Crippen molar-refractivity contribution in [1.82, 2.24) is 0 Å². The first kappa shape index (κ1) is 17.6. The minimum absolute atomic E-state index is 0.278. The summed E-state index contributed by atoms with van der Waals surface area (Å²) in [4.78, 5) is 20.5. The molecule has 0 radical (unpaired) electrons. The molecule has 0 aliphatic rings. The van der Waals surface area contributed by atoms with Crippen LogP contribution in [0.5, 0.6) is 0 Å². The highest BCUT2D eigenvalue weighted by molar-refractivity contribution is 5.81. The smallest absolute Gasteiger partial charge is 0.159 e. The molecule has 0 aromatic rings. The largest absolute Gasteiger partial charge is 0.384 e. The molecule has 0 rings (SSSR count). The highest BCUT2D eigenvalue weighted by atomic mass is 16.3. The number of carbonyl (C=O) groups excluding carboxylic acids is 2. The van der Waals surface area contributed by atoms with E-state index < -0.39 is 24.3 Å². The molecule has 0 unspecified atom stereocenters. The van der Waals surface area contributed by atoms with Gasteiger partial charge in [0.25, 0.3) is 0 Å². The quantitative estimate of drug-likeness (QED) is 0.472. The van der Waals surface area contributed by atoms with Gasteiger partial charge in [-0.2, -0.15) is 0 Å². The van der Waals surface area contributed by atoms with Gasteiger partial charge < -0.3 is 21.7 Å². The molecule has 0 bridgehead atoms. The van der Waals surface area contributed by atoms with Crippen molar-refractivity contribution in [1.29, 1.82) is 0 Å². The van der Waals surface area contributed by atoms with Crippen LogP contribution >= 0.6 is 0 Å². The number of carbonyl (C=O) groups is 2. The molecule has 96 valence electrons. The van der Waals surface area contributed by atoms with Gasteiger partial charge in [0.1, 0.15) is 12.2 Å². The zero-order valence-electron chi connectivity index (χ0n) is 10.2. The molecule has 0 saturated heterocycles. The molecule has 16 heavy (non-hydrogen) atoms. The van der Waals surface area contributed by atoms with E-state index in [0.717, 1.165) is 0 Å². The first-order chi connectivity index (χ1) is 7.11. The number of hydrogen-bond donors (Lipinski definition) is 4. The second-order valence-electron chi connectivity index (χ2n) is 3.83. The molecular weight excluding hydrogens is 212 g/mol. The van der Waals surface area contributed by atoms with Crippen LogP contribution in [0.15, 0.2) is 0 Å². The van der Waals surface area contributed by atoms with Gasteiger partial charge in [0.05, 0.1) is 0 Å². The normalized spacial score (nSPS) is 17.5. The lowest BCUT2D eigenvalue weighted by molar-refractivity contribution is -0.126. The van der Waals surface area contributed by atoms with Gasteiger partial charge in [-0.1, -0.05) is 0 Å². The van der Waals surface area contributed by atoms with Crippen molar-refractivity contribution in [2.24, 2.45) is 11.5 Å². The van der Waals surface area contributed by atoms with Crippen LogP contribution in [0.1, 0.15) is 27.7 Å². The molecule has 0 aromatic carbocycles. The summed E-state index contributed by atoms with van der Waals surface area (Å²) in [6.07, 6.45) is -1.98. The van der Waals surface area contributed by atoms with Crippen LogP contribution in [0.25, 0.3) is 0 Å². The zero-order valence-corrected chi connectivity index (χ0v) is 10.2. The Hall–Kier alpha value is -0.820. The molecule has 6 nitrogen and oxygen atoms in total. The molecule has 6 heteroatoms. The predicted octanol–water partition coefficient (Wildman–Crippen LogP) is -1.43. The van der Waals surface area contributed by atoms with E-state index in [1.807, 2.05) is 0 Å². The molecule has 0 spiro atoms. The maximum atomic E-state index is 10.3. The third kappa shape index (κ3) is 8.49. The standard InChI is InChI=1S/2C5H11NO2/c2*1-3(6)5(8)4(2)7/h2*3,5,8H,6H2,1-2H3/t2*3-,5-/m10/s1. The lowest BCUT2D eigenvalue weighted by Crippen LogP contribution is -2.36. The third-order valence-electron chi connectivity index (χ3n) is 1.83. The average Bonchev–Trinajstić information content (AvgIpc) is 2.15. The molecule has 0 amide bonds. The van der Waals surface area contributed by atoms with E-state index in [4.69, 9.17) is 21.7 Å². The monoisotopic (exact) mass is 234 g/mol. The number of aliphatic hydroxyl groups is 2. The number of hydrogen-bond acceptors (Lipinski definition) is 6. The van der Waals surface area contributed by atoms with Crippen molar-refractivity contribution in [2.75, 3.05) is 0 Å². The zero-order chi connectivity index (χ0) is 13.5. The van der Waals surface area contributed by atoms with Crippen molar-refractivity contribution >= 4 is 11.6 Å². The summed E-state index contributed by atoms with van der Waals surface area (Å²) in [5.41, 5.74) is 10.3. The van der Waals surface area contributed by atoms with Crippen LogP contribution in [-0.4, -0.2) is 46.1 Å². The SMILES string of the molecule is CC(=O)[C@@H](O)[C@H](C)N.CC(=O)[C@H](O)[C@@H](C)N. The first-order valence-electron chi connectivity index (χ1n) is 4.99. The van der Waals surface area contributed by atoms with E-state index in [2.05, 4.69) is 0 Å². The number of ketones is 2. The summed E-state index contributed by atoms with van der Waals surface area (Å²) in [7, 11) is 0. The summed E-state index contributed by atoms with van der Waals surface area (Å²) in [6.45, 7) is 5.81. The van der Waals surface area contributed by atoms with Gasteiger partial charge in [0.2, 0.25) is 0 Å². The Labute approximate surface area is 95.6 Å². The minimum Gasteiger partial charge on any atom is -0.384 e. The van der Waals surface area contributed by atoms with Crippen molar-refractivity contribution in [3.63, 3.8) is 0 Å². The fourth-order valence-electron chi connectivity index (χ4n) is 0.740. The van der Waals surface area contributed by atoms with Crippen molar-refractivity contribution in [3.05, 3.63) is 0 Å². The second-order valence-corrected chi connectivity index (χ2v) is 3.83. The van der Waals surface area contributed by atoms with E-state index in [0.29, 0.717) is 0 Å². The van der Waals surface area contributed by atoms with Crippen molar-refractivity contribution in [2.45, 2.75) is 52.0 Å². The maximum Gasteiger partial charge on any atom is 0.159 e. The molecule has 0 aliphatic heterocycles. The summed E-state index contributed by atoms with van der Waals surface area (Å²) in [5, 5.41) is 17.5. The van der Waals surface area contributed by atoms with Crippen LogP contribution in [0.2, 0.25) is 0 Å². The van der Waals surface area contributed by atoms with E-state index in [1.54, 1.807) is 13.8 Å². The number of aliphatic hydroxyl groups excluding tert-OH is 2. The molecule has 4 atom stereocenters. The Morgan fingerprint density at radius 3 is 1.06 bits per heavy atom. The molecule has 0 aliphatic carbocycles. The van der Waals surface area contributed by atoms with Gasteiger partial charge >= 0.3 is 0 Å². The summed E-state index contributed by atoms with van der Waals surface area (Å²) >= 11 is 0. The molecule has 6 N–H and O–H groups in total. The van der Waals surface area contributed by atoms with E-state index in [9.17, 15) is 9.59 Å². The van der Waals surface area contributed by atoms with Gasteiger partial charge in [-0.3, -0.25) is 9.59 Å². The first-order valence-corrected chi connectivity index (χ1v) is 4.99. The summed E-state index contributed by atoms with van der Waals surface area (Å²) in [6, 6.07) is -0.903. The third-order valence-corrected chi connectivity index (χ3v) is 1.83. The van der Waals surface area contributed by atoms with Gasteiger partial charge in [-0.05, 0) is 27.7 Å². The molecule has 0 heterocycles. The Kier molecular flexibility index (Phi) is 9.17. The Morgan fingerprint density at radius 1 is 0.875 bits per heavy atom. The Balaban J connectivity index is 0. The fourth-order valence-corrected chi connectivity index (χ4v) is 0.740. The lowest BCUT2D eigenvalue weighted by Gasteiger charge is -2.08. The minimum atomic E-state index is -0.991. The Morgan fingerprint density at radius 2 is 1.06 bits per heavy atom. The van der Waals surface area contributed by atoms with E-state index in [-0.39, 0.29) is 11.6 Å². The number of rotatable bonds is 4. The molecular formula is C10H22N2O4. The topological polar surface area (TPSA) is 127 Å². The maximum absolute atomic E-state index is 10.3. The second kappa shape index (κ2) is 8.35. The summed E-state index contributed by atoms with van der Waals surface area (Å²) < 4.78 is 0. The van der Waals surface area contributed by atoms with E-state index in [1.165, 1.54) is 13.8 Å². The fraction of sp³-hybridized carbons (Fsp3) is 0.800. The predicted molar refractivity (Wildman–Crippen MR) is 60.7 cm³/mol. The average molecular weight is 234 g/mol. The van der Waals surface area contributed by atoms with Gasteiger partial charge in [-0.25, -0.2) is 0 Å². The van der Waals surface area contributed by atoms with Crippen LogP contribution in [0.3, 0.4) is 0 Å².